The van der Waals surface area contributed by atoms with Gasteiger partial charge in [-0.3, -0.25) is 0 Å². The van der Waals surface area contributed by atoms with Gasteiger partial charge in [0.1, 0.15) is 11.5 Å². The standard InChI is InChI=1S/C25H21F7O2/c1-2-3-4-5-16-6-8-17(9-7-16)24(29,30)33-19-12-10-18(11-13-19)25(31,32)34-20-14-21(26)23(28)22(27)15-20/h6-15H,2-5H2,1H3. The maximum absolute atomic E-state index is 14.5. The number of alkyl halides is 4. The molecule has 0 aliphatic carbocycles. The van der Waals surface area contributed by atoms with Crippen LogP contribution in [0.1, 0.15) is 42.9 Å². The van der Waals surface area contributed by atoms with Gasteiger partial charge >= 0.3 is 12.2 Å². The van der Waals surface area contributed by atoms with Gasteiger partial charge in [0.25, 0.3) is 0 Å². The summed E-state index contributed by atoms with van der Waals surface area (Å²) in [6, 6.07) is 9.48. The molecule has 0 aliphatic rings. The van der Waals surface area contributed by atoms with Crippen molar-refractivity contribution in [1.82, 2.24) is 0 Å². The van der Waals surface area contributed by atoms with E-state index in [4.69, 9.17) is 4.74 Å². The monoisotopic (exact) mass is 486 g/mol. The Morgan fingerprint density at radius 1 is 0.647 bits per heavy atom. The number of rotatable bonds is 10. The zero-order valence-electron chi connectivity index (χ0n) is 18.1. The molecule has 0 saturated heterocycles. The molecule has 0 unspecified atom stereocenters. The Kier molecular flexibility index (Phi) is 7.74. The number of aryl methyl sites for hydroxylation is 1. The lowest BCUT2D eigenvalue weighted by Crippen LogP contribution is -2.23. The number of ether oxygens (including phenoxy) is 2. The molecule has 3 rings (SSSR count). The first-order valence-corrected chi connectivity index (χ1v) is 10.5. The Labute approximate surface area is 191 Å². The van der Waals surface area contributed by atoms with E-state index in [1.54, 1.807) is 12.1 Å². The Bertz CT molecular complexity index is 1070. The summed E-state index contributed by atoms with van der Waals surface area (Å²) in [4.78, 5) is 0. The Morgan fingerprint density at radius 3 is 1.62 bits per heavy atom. The fourth-order valence-corrected chi connectivity index (χ4v) is 3.17. The van der Waals surface area contributed by atoms with Gasteiger partial charge in [0.2, 0.25) is 0 Å². The summed E-state index contributed by atoms with van der Waals surface area (Å²) >= 11 is 0. The van der Waals surface area contributed by atoms with Crippen LogP contribution in [0.5, 0.6) is 11.5 Å². The topological polar surface area (TPSA) is 18.5 Å². The van der Waals surface area contributed by atoms with Crippen molar-refractivity contribution < 1.29 is 40.2 Å². The Morgan fingerprint density at radius 2 is 1.12 bits per heavy atom. The molecule has 0 heterocycles. The quantitative estimate of drug-likeness (QED) is 0.164. The van der Waals surface area contributed by atoms with Crippen molar-refractivity contribution in [1.29, 1.82) is 0 Å². The van der Waals surface area contributed by atoms with Gasteiger partial charge in [-0.05, 0) is 54.8 Å². The summed E-state index contributed by atoms with van der Waals surface area (Å²) in [6.45, 7) is 2.06. The summed E-state index contributed by atoms with van der Waals surface area (Å²) in [5, 5.41) is 0. The van der Waals surface area contributed by atoms with Crippen LogP contribution in [-0.4, -0.2) is 0 Å². The van der Waals surface area contributed by atoms with E-state index in [1.807, 2.05) is 0 Å². The number of hydrogen-bond acceptors (Lipinski definition) is 2. The van der Waals surface area contributed by atoms with Crippen molar-refractivity contribution in [2.45, 2.75) is 44.8 Å². The molecule has 0 bridgehead atoms. The van der Waals surface area contributed by atoms with Gasteiger partial charge in [0, 0.05) is 12.1 Å². The maximum Gasteiger partial charge on any atom is 0.426 e. The molecule has 0 atom stereocenters. The van der Waals surface area contributed by atoms with Crippen LogP contribution in [0.15, 0.2) is 60.7 Å². The fourth-order valence-electron chi connectivity index (χ4n) is 3.17. The van der Waals surface area contributed by atoms with Crippen LogP contribution in [0.25, 0.3) is 0 Å². The minimum atomic E-state index is -4.09. The molecule has 0 spiro atoms. The highest BCUT2D eigenvalue weighted by molar-refractivity contribution is 5.32. The minimum absolute atomic E-state index is 0.263. The number of unbranched alkanes of at least 4 members (excludes halogenated alkanes) is 2. The SMILES string of the molecule is CCCCCc1ccc(C(F)(F)Oc2ccc(C(F)(F)Oc3cc(F)c(F)c(F)c3)cc2)cc1. The second-order valence-corrected chi connectivity index (χ2v) is 7.62. The van der Waals surface area contributed by atoms with E-state index in [0.717, 1.165) is 55.5 Å². The molecule has 34 heavy (non-hydrogen) atoms. The van der Waals surface area contributed by atoms with Crippen molar-refractivity contribution in [3.05, 3.63) is 94.8 Å². The number of hydrogen-bond donors (Lipinski definition) is 0. The fraction of sp³-hybridized carbons (Fsp3) is 0.280. The molecule has 3 aromatic carbocycles. The largest absolute Gasteiger partial charge is 0.429 e. The summed E-state index contributed by atoms with van der Waals surface area (Å²) < 4.78 is 106. The molecule has 0 N–H and O–H groups in total. The molecular formula is C25H21F7O2. The van der Waals surface area contributed by atoms with Crippen molar-refractivity contribution >= 4 is 0 Å². The van der Waals surface area contributed by atoms with Crippen LogP contribution in [-0.2, 0) is 18.6 Å². The average Bonchev–Trinajstić information content (AvgIpc) is 2.78. The van der Waals surface area contributed by atoms with Crippen LogP contribution in [0.3, 0.4) is 0 Å². The first-order chi connectivity index (χ1) is 16.0. The Balaban J connectivity index is 1.68. The summed E-state index contributed by atoms with van der Waals surface area (Å²) in [5.74, 6) is -6.58. The third kappa shape index (κ3) is 6.21. The molecule has 0 saturated carbocycles. The molecular weight excluding hydrogens is 465 g/mol. The summed E-state index contributed by atoms with van der Waals surface area (Å²) in [7, 11) is 0. The van der Waals surface area contributed by atoms with Gasteiger partial charge in [0.15, 0.2) is 17.5 Å². The molecule has 2 nitrogen and oxygen atoms in total. The number of halogens is 7. The first-order valence-electron chi connectivity index (χ1n) is 10.5. The molecule has 0 aliphatic heterocycles. The van der Waals surface area contributed by atoms with Crippen molar-refractivity contribution in [2.75, 3.05) is 0 Å². The summed E-state index contributed by atoms with van der Waals surface area (Å²) in [5.41, 5.74) is -0.282. The normalized spacial score (nSPS) is 12.0. The van der Waals surface area contributed by atoms with Crippen LogP contribution in [0, 0.1) is 17.5 Å². The van der Waals surface area contributed by atoms with Gasteiger partial charge in [0.05, 0.1) is 11.1 Å². The lowest BCUT2D eigenvalue weighted by atomic mass is 10.1. The second-order valence-electron chi connectivity index (χ2n) is 7.62. The maximum atomic E-state index is 14.5. The predicted molar refractivity (Wildman–Crippen MR) is 111 cm³/mol. The van der Waals surface area contributed by atoms with Crippen molar-refractivity contribution in [2.24, 2.45) is 0 Å². The van der Waals surface area contributed by atoms with Gasteiger partial charge in [-0.15, -0.1) is 0 Å². The highest BCUT2D eigenvalue weighted by Crippen LogP contribution is 2.36. The zero-order chi connectivity index (χ0) is 24.9. The molecule has 9 heteroatoms. The highest BCUT2D eigenvalue weighted by atomic mass is 19.3. The van der Waals surface area contributed by atoms with E-state index in [2.05, 4.69) is 11.7 Å². The van der Waals surface area contributed by atoms with E-state index in [0.29, 0.717) is 0 Å². The van der Waals surface area contributed by atoms with Crippen LogP contribution < -0.4 is 9.47 Å². The van der Waals surface area contributed by atoms with Gasteiger partial charge in [-0.25, -0.2) is 13.2 Å². The van der Waals surface area contributed by atoms with Crippen molar-refractivity contribution in [3.8, 4) is 11.5 Å². The lowest BCUT2D eigenvalue weighted by molar-refractivity contribution is -0.187. The second kappa shape index (κ2) is 10.4. The van der Waals surface area contributed by atoms with E-state index < -0.39 is 52.3 Å². The molecule has 182 valence electrons. The molecule has 0 aromatic heterocycles. The molecule has 0 radical (unpaired) electrons. The van der Waals surface area contributed by atoms with Crippen molar-refractivity contribution in [3.63, 3.8) is 0 Å². The number of benzene rings is 3. The van der Waals surface area contributed by atoms with Crippen LogP contribution >= 0.6 is 0 Å². The summed E-state index contributed by atoms with van der Waals surface area (Å²) in [6.07, 6.45) is -4.00. The van der Waals surface area contributed by atoms with Gasteiger partial charge < -0.3 is 9.47 Å². The van der Waals surface area contributed by atoms with E-state index in [9.17, 15) is 30.7 Å². The first kappa shape index (κ1) is 25.4. The highest BCUT2D eigenvalue weighted by Gasteiger charge is 2.37. The third-order valence-electron chi connectivity index (χ3n) is 5.00. The van der Waals surface area contributed by atoms with Crippen LogP contribution in [0.4, 0.5) is 30.7 Å². The van der Waals surface area contributed by atoms with Gasteiger partial charge in [-0.2, -0.15) is 17.6 Å². The molecule has 0 fully saturated rings. The van der Waals surface area contributed by atoms with E-state index in [-0.39, 0.29) is 12.1 Å². The third-order valence-corrected chi connectivity index (χ3v) is 5.00. The smallest absolute Gasteiger partial charge is 0.426 e. The van der Waals surface area contributed by atoms with Crippen LogP contribution in [0.2, 0.25) is 0 Å². The zero-order valence-corrected chi connectivity index (χ0v) is 18.1. The minimum Gasteiger partial charge on any atom is -0.429 e. The van der Waals surface area contributed by atoms with Gasteiger partial charge in [-0.1, -0.05) is 31.9 Å². The molecule has 3 aromatic rings. The predicted octanol–water partition coefficient (Wildman–Crippen LogP) is 8.09. The molecule has 0 amide bonds. The Hall–Kier alpha value is -3.23. The van der Waals surface area contributed by atoms with E-state index >= 15 is 0 Å². The van der Waals surface area contributed by atoms with E-state index in [1.165, 1.54) is 12.1 Å². The average molecular weight is 486 g/mol. The lowest BCUT2D eigenvalue weighted by Gasteiger charge is -2.21.